The molecule has 2 rings (SSSR count). The molecule has 18 heavy (non-hydrogen) atoms. The summed E-state index contributed by atoms with van der Waals surface area (Å²) in [5.74, 6) is 0.762. The molecule has 2 aromatic rings. The van der Waals surface area contributed by atoms with Gasteiger partial charge in [-0.25, -0.2) is 0 Å². The lowest BCUT2D eigenvalue weighted by atomic mass is 10.0. The maximum absolute atomic E-state index is 10.3. The third kappa shape index (κ3) is 2.81. The fourth-order valence-corrected chi connectivity index (χ4v) is 1.86. The standard InChI is InChI=1S/C15H17NO2/c1-2-18-14-8-4-6-12(10-14)15(17)11-5-3-7-13(16)9-11/h3-10,15,17H,2,16H2,1H3. The normalized spacial score (nSPS) is 12.1. The van der Waals surface area contributed by atoms with E-state index in [1.54, 1.807) is 12.1 Å². The molecule has 3 N–H and O–H groups in total. The Morgan fingerprint density at radius 1 is 1.11 bits per heavy atom. The highest BCUT2D eigenvalue weighted by Gasteiger charge is 2.11. The molecule has 0 saturated heterocycles. The van der Waals surface area contributed by atoms with E-state index in [9.17, 15) is 5.11 Å². The first-order valence-electron chi connectivity index (χ1n) is 5.97. The van der Waals surface area contributed by atoms with Crippen LogP contribution in [-0.2, 0) is 0 Å². The number of aliphatic hydroxyl groups excluding tert-OH is 1. The molecular weight excluding hydrogens is 226 g/mol. The quantitative estimate of drug-likeness (QED) is 0.812. The summed E-state index contributed by atoms with van der Waals surface area (Å²) in [5.41, 5.74) is 7.94. The van der Waals surface area contributed by atoms with Crippen LogP contribution in [0.4, 0.5) is 5.69 Å². The molecule has 0 spiro atoms. The van der Waals surface area contributed by atoms with E-state index in [1.165, 1.54) is 0 Å². The average Bonchev–Trinajstić information content (AvgIpc) is 2.39. The summed E-state index contributed by atoms with van der Waals surface area (Å²) in [6, 6.07) is 14.7. The molecule has 0 aromatic heterocycles. The Morgan fingerprint density at radius 2 is 1.78 bits per heavy atom. The van der Waals surface area contributed by atoms with Gasteiger partial charge >= 0.3 is 0 Å². The molecule has 2 aromatic carbocycles. The third-order valence-corrected chi connectivity index (χ3v) is 2.71. The summed E-state index contributed by atoms with van der Waals surface area (Å²) in [4.78, 5) is 0. The van der Waals surface area contributed by atoms with E-state index in [2.05, 4.69) is 0 Å². The van der Waals surface area contributed by atoms with E-state index in [4.69, 9.17) is 10.5 Å². The van der Waals surface area contributed by atoms with Crippen molar-refractivity contribution in [2.45, 2.75) is 13.0 Å². The maximum Gasteiger partial charge on any atom is 0.119 e. The van der Waals surface area contributed by atoms with Crippen LogP contribution in [-0.4, -0.2) is 11.7 Å². The predicted molar refractivity (Wildman–Crippen MR) is 72.5 cm³/mol. The first-order chi connectivity index (χ1) is 8.70. The highest BCUT2D eigenvalue weighted by atomic mass is 16.5. The highest BCUT2D eigenvalue weighted by molar-refractivity contribution is 5.44. The predicted octanol–water partition coefficient (Wildman–Crippen LogP) is 2.75. The number of aliphatic hydroxyl groups is 1. The van der Waals surface area contributed by atoms with Gasteiger partial charge in [-0.05, 0) is 42.3 Å². The second kappa shape index (κ2) is 5.56. The highest BCUT2D eigenvalue weighted by Crippen LogP contribution is 2.26. The number of ether oxygens (including phenoxy) is 1. The zero-order valence-electron chi connectivity index (χ0n) is 10.3. The molecule has 0 aliphatic heterocycles. The number of hydrogen-bond acceptors (Lipinski definition) is 3. The summed E-state index contributed by atoms with van der Waals surface area (Å²) in [6.45, 7) is 2.54. The van der Waals surface area contributed by atoms with Gasteiger partial charge in [-0.15, -0.1) is 0 Å². The Morgan fingerprint density at radius 3 is 2.44 bits per heavy atom. The van der Waals surface area contributed by atoms with Gasteiger partial charge in [0.2, 0.25) is 0 Å². The van der Waals surface area contributed by atoms with Crippen LogP contribution in [0.2, 0.25) is 0 Å². The van der Waals surface area contributed by atoms with E-state index in [1.807, 2.05) is 43.3 Å². The van der Waals surface area contributed by atoms with E-state index in [0.717, 1.165) is 16.9 Å². The minimum atomic E-state index is -0.686. The van der Waals surface area contributed by atoms with Crippen LogP contribution >= 0.6 is 0 Å². The van der Waals surface area contributed by atoms with Crippen LogP contribution in [0.3, 0.4) is 0 Å². The van der Waals surface area contributed by atoms with Gasteiger partial charge in [-0.3, -0.25) is 0 Å². The fourth-order valence-electron chi connectivity index (χ4n) is 1.86. The van der Waals surface area contributed by atoms with Crippen LogP contribution in [0.1, 0.15) is 24.2 Å². The smallest absolute Gasteiger partial charge is 0.119 e. The zero-order valence-corrected chi connectivity index (χ0v) is 10.3. The number of benzene rings is 2. The van der Waals surface area contributed by atoms with E-state index in [0.29, 0.717) is 12.3 Å². The van der Waals surface area contributed by atoms with Crippen molar-refractivity contribution >= 4 is 5.69 Å². The first kappa shape index (κ1) is 12.5. The Kier molecular flexibility index (Phi) is 3.85. The number of nitrogens with two attached hydrogens (primary N) is 1. The number of hydrogen-bond donors (Lipinski definition) is 2. The summed E-state index contributed by atoms with van der Waals surface area (Å²) in [7, 11) is 0. The molecule has 3 heteroatoms. The van der Waals surface area contributed by atoms with Crippen LogP contribution < -0.4 is 10.5 Å². The SMILES string of the molecule is CCOc1cccc(C(O)c2cccc(N)c2)c1. The minimum absolute atomic E-state index is 0.609. The van der Waals surface area contributed by atoms with Gasteiger partial charge in [-0.2, -0.15) is 0 Å². The fraction of sp³-hybridized carbons (Fsp3) is 0.200. The monoisotopic (exact) mass is 243 g/mol. The van der Waals surface area contributed by atoms with Crippen molar-refractivity contribution in [3.05, 3.63) is 59.7 Å². The van der Waals surface area contributed by atoms with E-state index < -0.39 is 6.10 Å². The molecule has 3 nitrogen and oxygen atoms in total. The third-order valence-electron chi connectivity index (χ3n) is 2.71. The molecule has 0 aliphatic carbocycles. The Balaban J connectivity index is 2.27. The van der Waals surface area contributed by atoms with Crippen molar-refractivity contribution in [1.82, 2.24) is 0 Å². The molecule has 1 atom stereocenters. The van der Waals surface area contributed by atoms with Crippen molar-refractivity contribution in [1.29, 1.82) is 0 Å². The molecule has 0 aliphatic rings. The Labute approximate surface area is 107 Å². The van der Waals surface area contributed by atoms with Crippen molar-refractivity contribution in [3.8, 4) is 5.75 Å². The second-order valence-corrected chi connectivity index (χ2v) is 4.08. The number of nitrogen functional groups attached to an aromatic ring is 1. The number of anilines is 1. The molecular formula is C15H17NO2. The van der Waals surface area contributed by atoms with E-state index in [-0.39, 0.29) is 0 Å². The molecule has 0 amide bonds. The zero-order chi connectivity index (χ0) is 13.0. The lowest BCUT2D eigenvalue weighted by Gasteiger charge is -2.13. The summed E-state index contributed by atoms with van der Waals surface area (Å²) >= 11 is 0. The summed E-state index contributed by atoms with van der Waals surface area (Å²) < 4.78 is 5.42. The van der Waals surface area contributed by atoms with Gasteiger partial charge in [-0.1, -0.05) is 24.3 Å². The van der Waals surface area contributed by atoms with Gasteiger partial charge in [0.25, 0.3) is 0 Å². The molecule has 0 radical (unpaired) electrons. The van der Waals surface area contributed by atoms with Gasteiger partial charge in [0, 0.05) is 5.69 Å². The van der Waals surface area contributed by atoms with Crippen molar-refractivity contribution in [3.63, 3.8) is 0 Å². The largest absolute Gasteiger partial charge is 0.494 e. The molecule has 94 valence electrons. The van der Waals surface area contributed by atoms with Crippen LogP contribution in [0.15, 0.2) is 48.5 Å². The molecule has 0 saturated carbocycles. The van der Waals surface area contributed by atoms with Crippen molar-refractivity contribution < 1.29 is 9.84 Å². The van der Waals surface area contributed by atoms with Gasteiger partial charge < -0.3 is 15.6 Å². The maximum atomic E-state index is 10.3. The van der Waals surface area contributed by atoms with Gasteiger partial charge in [0.15, 0.2) is 0 Å². The van der Waals surface area contributed by atoms with Gasteiger partial charge in [0.05, 0.1) is 6.61 Å². The second-order valence-electron chi connectivity index (χ2n) is 4.08. The molecule has 1 unspecified atom stereocenters. The van der Waals surface area contributed by atoms with Crippen LogP contribution in [0.5, 0.6) is 5.75 Å². The summed E-state index contributed by atoms with van der Waals surface area (Å²) in [6.07, 6.45) is -0.686. The minimum Gasteiger partial charge on any atom is -0.494 e. The Hall–Kier alpha value is -2.00. The number of rotatable bonds is 4. The lowest BCUT2D eigenvalue weighted by Crippen LogP contribution is -2.01. The first-order valence-corrected chi connectivity index (χ1v) is 5.97. The summed E-state index contributed by atoms with van der Waals surface area (Å²) in [5, 5.41) is 10.3. The average molecular weight is 243 g/mol. The van der Waals surface area contributed by atoms with Gasteiger partial charge in [0.1, 0.15) is 11.9 Å². The van der Waals surface area contributed by atoms with Crippen LogP contribution in [0.25, 0.3) is 0 Å². The molecule has 0 bridgehead atoms. The Bertz CT molecular complexity index is 525. The topological polar surface area (TPSA) is 55.5 Å². The molecule has 0 fully saturated rings. The lowest BCUT2D eigenvalue weighted by molar-refractivity contribution is 0.219. The van der Waals surface area contributed by atoms with Crippen molar-refractivity contribution in [2.24, 2.45) is 0 Å². The van der Waals surface area contributed by atoms with Crippen LogP contribution in [0, 0.1) is 0 Å². The van der Waals surface area contributed by atoms with Crippen molar-refractivity contribution in [2.75, 3.05) is 12.3 Å². The van der Waals surface area contributed by atoms with E-state index >= 15 is 0 Å². The molecule has 0 heterocycles.